The van der Waals surface area contributed by atoms with Crippen molar-refractivity contribution < 1.29 is 13.2 Å². The van der Waals surface area contributed by atoms with Crippen molar-refractivity contribution in [2.45, 2.75) is 50.9 Å². The van der Waals surface area contributed by atoms with Gasteiger partial charge in [0.2, 0.25) is 0 Å². The zero-order valence-electron chi connectivity index (χ0n) is 12.4. The van der Waals surface area contributed by atoms with Crippen LogP contribution in [0.4, 0.5) is 13.2 Å². The van der Waals surface area contributed by atoms with Gasteiger partial charge in [0.1, 0.15) is 0 Å². The molecule has 1 atom stereocenters. The van der Waals surface area contributed by atoms with Crippen molar-refractivity contribution >= 4 is 0 Å². The summed E-state index contributed by atoms with van der Waals surface area (Å²) in [5.74, 6) is 0. The van der Waals surface area contributed by atoms with Crippen molar-refractivity contribution in [2.24, 2.45) is 5.73 Å². The number of hydrogen-bond acceptors (Lipinski definition) is 2. The predicted octanol–water partition coefficient (Wildman–Crippen LogP) is 3.97. The van der Waals surface area contributed by atoms with E-state index in [0.717, 1.165) is 38.3 Å². The number of unbranched alkanes of at least 4 members (excludes halogenated alkanes) is 1. The molecule has 0 bridgehead atoms. The van der Waals surface area contributed by atoms with E-state index in [9.17, 15) is 13.2 Å². The van der Waals surface area contributed by atoms with Crippen molar-refractivity contribution in [3.63, 3.8) is 0 Å². The van der Waals surface area contributed by atoms with Gasteiger partial charge in [-0.3, -0.25) is 4.90 Å². The van der Waals surface area contributed by atoms with E-state index in [2.05, 4.69) is 11.8 Å². The average molecular weight is 300 g/mol. The third-order valence-electron chi connectivity index (χ3n) is 4.03. The molecule has 0 radical (unpaired) electrons. The van der Waals surface area contributed by atoms with Gasteiger partial charge in [0.05, 0.1) is 5.56 Å². The van der Waals surface area contributed by atoms with E-state index in [1.165, 1.54) is 6.07 Å². The van der Waals surface area contributed by atoms with E-state index < -0.39 is 11.7 Å². The summed E-state index contributed by atoms with van der Waals surface area (Å²) in [6.07, 6.45) is -0.185. The van der Waals surface area contributed by atoms with E-state index >= 15 is 0 Å². The van der Waals surface area contributed by atoms with Crippen LogP contribution in [0.2, 0.25) is 0 Å². The van der Waals surface area contributed by atoms with E-state index in [0.29, 0.717) is 11.6 Å². The second-order valence-corrected chi connectivity index (χ2v) is 5.66. The Kier molecular flexibility index (Phi) is 5.27. The molecule has 1 unspecified atom stereocenters. The van der Waals surface area contributed by atoms with Crippen LogP contribution in [-0.4, -0.2) is 24.0 Å². The number of nitrogens with zero attached hydrogens (tertiary/aromatic N) is 1. The number of rotatable bonds is 7. The number of nitrogens with two attached hydrogens (primary N) is 1. The van der Waals surface area contributed by atoms with Gasteiger partial charge in [0.25, 0.3) is 0 Å². The van der Waals surface area contributed by atoms with Gasteiger partial charge in [-0.1, -0.05) is 31.5 Å². The summed E-state index contributed by atoms with van der Waals surface area (Å²) in [6, 6.07) is 5.88. The lowest BCUT2D eigenvalue weighted by Gasteiger charge is -2.33. The molecule has 21 heavy (non-hydrogen) atoms. The van der Waals surface area contributed by atoms with Gasteiger partial charge in [-0.25, -0.2) is 0 Å². The van der Waals surface area contributed by atoms with Crippen LogP contribution in [-0.2, 0) is 6.18 Å². The minimum Gasteiger partial charge on any atom is -0.329 e. The number of benzene rings is 1. The minimum absolute atomic E-state index is 0.216. The highest BCUT2D eigenvalue weighted by atomic mass is 19.4. The number of halogens is 3. The molecule has 1 aromatic carbocycles. The smallest absolute Gasteiger partial charge is 0.329 e. The Morgan fingerprint density at radius 1 is 1.29 bits per heavy atom. The lowest BCUT2D eigenvalue weighted by molar-refractivity contribution is -0.138. The largest absolute Gasteiger partial charge is 0.416 e. The minimum atomic E-state index is -4.33. The molecule has 5 heteroatoms. The molecule has 1 aliphatic carbocycles. The summed E-state index contributed by atoms with van der Waals surface area (Å²) >= 11 is 0. The standard InChI is InChI=1S/C16H23F3N2/c1-2-3-10-21(12-8-9-12)15(11-20)13-6-4-5-7-14(13)16(17,18)19/h4-7,12,15H,2-3,8-11,20H2,1H3. The van der Waals surface area contributed by atoms with Crippen LogP contribution in [0.3, 0.4) is 0 Å². The molecule has 118 valence electrons. The molecular formula is C16H23F3N2. The van der Waals surface area contributed by atoms with Gasteiger partial charge in [-0.15, -0.1) is 0 Å². The van der Waals surface area contributed by atoms with E-state index in [-0.39, 0.29) is 12.6 Å². The Balaban J connectivity index is 2.31. The summed E-state index contributed by atoms with van der Waals surface area (Å²) in [5.41, 5.74) is 5.61. The van der Waals surface area contributed by atoms with Gasteiger partial charge in [0, 0.05) is 18.6 Å². The summed E-state index contributed by atoms with van der Waals surface area (Å²) in [6.45, 7) is 3.12. The van der Waals surface area contributed by atoms with Crippen LogP contribution in [0, 0.1) is 0 Å². The third kappa shape index (κ3) is 3.98. The van der Waals surface area contributed by atoms with Crippen LogP contribution in [0.1, 0.15) is 49.8 Å². The van der Waals surface area contributed by atoms with Crippen LogP contribution < -0.4 is 5.73 Å². The van der Waals surface area contributed by atoms with E-state index in [4.69, 9.17) is 5.73 Å². The van der Waals surface area contributed by atoms with Crippen molar-refractivity contribution in [2.75, 3.05) is 13.1 Å². The maximum atomic E-state index is 13.2. The Morgan fingerprint density at radius 3 is 2.48 bits per heavy atom. The van der Waals surface area contributed by atoms with Gasteiger partial charge in [-0.2, -0.15) is 13.2 Å². The topological polar surface area (TPSA) is 29.3 Å². The van der Waals surface area contributed by atoms with Crippen LogP contribution in [0.15, 0.2) is 24.3 Å². The first-order valence-electron chi connectivity index (χ1n) is 7.61. The fourth-order valence-electron chi connectivity index (χ4n) is 2.83. The first kappa shape index (κ1) is 16.3. The summed E-state index contributed by atoms with van der Waals surface area (Å²) in [4.78, 5) is 2.17. The molecule has 0 aromatic heterocycles. The monoisotopic (exact) mass is 300 g/mol. The highest BCUT2D eigenvalue weighted by Gasteiger charge is 2.39. The van der Waals surface area contributed by atoms with Gasteiger partial charge in [0.15, 0.2) is 0 Å². The van der Waals surface area contributed by atoms with Crippen molar-refractivity contribution in [1.82, 2.24) is 4.90 Å². The third-order valence-corrected chi connectivity index (χ3v) is 4.03. The summed E-state index contributed by atoms with van der Waals surface area (Å²) < 4.78 is 39.7. The molecule has 1 fully saturated rings. The highest BCUT2D eigenvalue weighted by molar-refractivity contribution is 5.33. The Morgan fingerprint density at radius 2 is 1.95 bits per heavy atom. The van der Waals surface area contributed by atoms with Crippen LogP contribution in [0.5, 0.6) is 0 Å². The molecule has 0 amide bonds. The average Bonchev–Trinajstić information content (AvgIpc) is 3.27. The first-order valence-corrected chi connectivity index (χ1v) is 7.61. The lowest BCUT2D eigenvalue weighted by atomic mass is 9.98. The molecule has 0 aliphatic heterocycles. The first-order chi connectivity index (χ1) is 9.99. The van der Waals surface area contributed by atoms with Crippen LogP contribution in [0.25, 0.3) is 0 Å². The second-order valence-electron chi connectivity index (χ2n) is 5.66. The Bertz CT molecular complexity index is 455. The second kappa shape index (κ2) is 6.79. The predicted molar refractivity (Wildman–Crippen MR) is 77.9 cm³/mol. The van der Waals surface area contributed by atoms with Crippen molar-refractivity contribution in [3.8, 4) is 0 Å². The van der Waals surface area contributed by atoms with E-state index in [1.54, 1.807) is 12.1 Å². The van der Waals surface area contributed by atoms with E-state index in [1.807, 2.05) is 0 Å². The van der Waals surface area contributed by atoms with Gasteiger partial charge in [-0.05, 0) is 37.4 Å². The molecule has 2 nitrogen and oxygen atoms in total. The molecule has 1 saturated carbocycles. The van der Waals surface area contributed by atoms with Gasteiger partial charge >= 0.3 is 6.18 Å². The molecule has 2 N–H and O–H groups in total. The fourth-order valence-corrected chi connectivity index (χ4v) is 2.83. The fraction of sp³-hybridized carbons (Fsp3) is 0.625. The van der Waals surface area contributed by atoms with Crippen LogP contribution >= 0.6 is 0 Å². The molecular weight excluding hydrogens is 277 g/mol. The van der Waals surface area contributed by atoms with Crippen molar-refractivity contribution in [3.05, 3.63) is 35.4 Å². The Labute approximate surface area is 124 Å². The summed E-state index contributed by atoms with van der Waals surface area (Å²) in [7, 11) is 0. The molecule has 0 spiro atoms. The zero-order valence-corrected chi connectivity index (χ0v) is 12.4. The number of hydrogen-bond donors (Lipinski definition) is 1. The van der Waals surface area contributed by atoms with Gasteiger partial charge < -0.3 is 5.73 Å². The molecule has 0 saturated heterocycles. The maximum absolute atomic E-state index is 13.2. The highest BCUT2D eigenvalue weighted by Crippen LogP contribution is 2.39. The zero-order chi connectivity index (χ0) is 15.5. The number of alkyl halides is 3. The SMILES string of the molecule is CCCCN(C1CC1)C(CN)c1ccccc1C(F)(F)F. The quantitative estimate of drug-likeness (QED) is 0.825. The molecule has 1 aromatic rings. The molecule has 0 heterocycles. The normalized spacial score (nSPS) is 17.2. The summed E-state index contributed by atoms with van der Waals surface area (Å²) in [5, 5.41) is 0. The Hall–Kier alpha value is -1.07. The lowest BCUT2D eigenvalue weighted by Crippen LogP contribution is -2.37. The maximum Gasteiger partial charge on any atom is 0.416 e. The molecule has 2 rings (SSSR count). The van der Waals surface area contributed by atoms with Crippen molar-refractivity contribution in [1.29, 1.82) is 0 Å². The molecule has 1 aliphatic rings.